The van der Waals surface area contributed by atoms with Crippen LogP contribution in [0.5, 0.6) is 0 Å². The van der Waals surface area contributed by atoms with Gasteiger partial charge in [-0.1, -0.05) is 0 Å². The first kappa shape index (κ1) is 18.8. The van der Waals surface area contributed by atoms with Crippen LogP contribution in [0.3, 0.4) is 0 Å². The van der Waals surface area contributed by atoms with E-state index in [9.17, 15) is 0 Å². The molecule has 0 unspecified atom stereocenters. The molecule has 5 heteroatoms. The van der Waals surface area contributed by atoms with Gasteiger partial charge < -0.3 is 39.8 Å². The van der Waals surface area contributed by atoms with E-state index in [4.69, 9.17) is 4.74 Å². The first-order chi connectivity index (χ1) is 9.88. The van der Waals surface area contributed by atoms with Crippen LogP contribution in [0.15, 0.2) is 0 Å². The number of hydrogen-bond acceptors (Lipinski definition) is 1. The van der Waals surface area contributed by atoms with Crippen LogP contribution in [0, 0.1) is 23.7 Å². The van der Waals surface area contributed by atoms with Gasteiger partial charge >= 0.3 is 0 Å². The van der Waals surface area contributed by atoms with Crippen LogP contribution < -0.4 is 35.0 Å². The summed E-state index contributed by atoms with van der Waals surface area (Å²) in [6, 6.07) is 1.00. The van der Waals surface area contributed by atoms with Gasteiger partial charge in [-0.25, -0.2) is 0 Å². The van der Waals surface area contributed by atoms with Gasteiger partial charge in [0.2, 0.25) is 0 Å². The highest BCUT2D eigenvalue weighted by molar-refractivity contribution is 4.97. The predicted molar refractivity (Wildman–Crippen MR) is 78.6 cm³/mol. The molecule has 1 aliphatic heterocycles. The molecule has 0 amide bonds. The van der Waals surface area contributed by atoms with Crippen LogP contribution in [-0.2, 0) is 4.74 Å². The molecule has 0 aromatic rings. The number of morpholine rings is 1. The monoisotopic (exact) mass is 350 g/mol. The highest BCUT2D eigenvalue weighted by Crippen LogP contribution is 2.52. The second-order valence-corrected chi connectivity index (χ2v) is 8.00. The van der Waals surface area contributed by atoms with E-state index in [0.717, 1.165) is 42.9 Å². The predicted octanol–water partition coefficient (Wildman–Crippen LogP) is -6.31. The highest BCUT2D eigenvalue weighted by atomic mass is 35.5. The van der Waals surface area contributed by atoms with Gasteiger partial charge in [-0.15, -0.1) is 0 Å². The van der Waals surface area contributed by atoms with Crippen molar-refractivity contribution >= 4 is 0 Å². The quantitative estimate of drug-likeness (QED) is 0.475. The van der Waals surface area contributed by atoms with Gasteiger partial charge in [0, 0.05) is 18.3 Å². The van der Waals surface area contributed by atoms with Crippen molar-refractivity contribution in [1.82, 2.24) is 0 Å². The number of ether oxygens (including phenoxy) is 1. The minimum Gasteiger partial charge on any atom is -1.00 e. The second-order valence-electron chi connectivity index (χ2n) is 8.00. The van der Waals surface area contributed by atoms with Crippen LogP contribution in [0.2, 0.25) is 0 Å². The van der Waals surface area contributed by atoms with Crippen LogP contribution in [-0.4, -0.2) is 45.4 Å². The fourth-order valence-electron chi connectivity index (χ4n) is 5.92. The number of nitrogens with two attached hydrogens (primary N) is 1. The largest absolute Gasteiger partial charge is 1.00 e. The Morgan fingerprint density at radius 2 is 1.45 bits per heavy atom. The van der Waals surface area contributed by atoms with Crippen molar-refractivity contribution in [3.63, 3.8) is 0 Å². The highest BCUT2D eigenvalue weighted by Gasteiger charge is 2.49. The first-order valence-corrected chi connectivity index (χ1v) is 9.13. The zero-order chi connectivity index (χ0) is 13.4. The van der Waals surface area contributed by atoms with Gasteiger partial charge in [0.15, 0.2) is 0 Å². The third-order valence-corrected chi connectivity index (χ3v) is 6.67. The topological polar surface area (TPSA) is 30.3 Å². The Hall–Kier alpha value is 0.460. The molecule has 3 N–H and O–H groups in total. The lowest BCUT2D eigenvalue weighted by molar-refractivity contribution is -0.909. The summed E-state index contributed by atoms with van der Waals surface area (Å²) in [4.78, 5) is 1.77. The normalized spacial score (nSPS) is 40.1. The molecule has 5 fully saturated rings. The third-order valence-electron chi connectivity index (χ3n) is 6.67. The first-order valence-electron chi connectivity index (χ1n) is 9.13. The van der Waals surface area contributed by atoms with Gasteiger partial charge in [0.25, 0.3) is 0 Å². The van der Waals surface area contributed by atoms with Crippen molar-refractivity contribution in [3.05, 3.63) is 0 Å². The molecule has 0 aromatic carbocycles. The summed E-state index contributed by atoms with van der Waals surface area (Å²) >= 11 is 0. The van der Waals surface area contributed by atoms with Gasteiger partial charge in [0.1, 0.15) is 13.1 Å². The SMILES string of the molecule is C(C[NH2+]C1C2CC3CC(C2)CC1C3)C[NH+]1CCOCC1.[Cl-].[Cl-]. The summed E-state index contributed by atoms with van der Waals surface area (Å²) in [5.41, 5.74) is 0. The van der Waals surface area contributed by atoms with Crippen LogP contribution in [0.4, 0.5) is 0 Å². The average molecular weight is 351 g/mol. The van der Waals surface area contributed by atoms with Crippen molar-refractivity contribution in [2.45, 2.75) is 44.6 Å². The molecule has 0 aromatic heterocycles. The number of hydrogen-bond donors (Lipinski definition) is 2. The van der Waals surface area contributed by atoms with Crippen molar-refractivity contribution in [3.8, 4) is 0 Å². The molecule has 130 valence electrons. The summed E-state index contributed by atoms with van der Waals surface area (Å²) in [5, 5.41) is 2.76. The Kier molecular flexibility index (Phi) is 7.28. The van der Waals surface area contributed by atoms with Gasteiger partial charge in [0.05, 0.1) is 32.3 Å². The Bertz CT molecular complexity index is 309. The maximum atomic E-state index is 5.44. The molecule has 5 aliphatic rings. The zero-order valence-corrected chi connectivity index (χ0v) is 15.1. The van der Waals surface area contributed by atoms with E-state index in [0.29, 0.717) is 0 Å². The van der Waals surface area contributed by atoms with Gasteiger partial charge in [-0.3, -0.25) is 0 Å². The standard InChI is InChI=1S/C17H30N2O.2ClH/c1(3-19-4-6-20-7-5-19)2-18-17-15-9-13-8-14(11-15)12-16(17)10-13;;/h13-18H,1-12H2;2*1H. The smallest absolute Gasteiger partial charge is 0.101 e. The van der Waals surface area contributed by atoms with Crippen molar-refractivity contribution in [2.24, 2.45) is 23.7 Å². The van der Waals surface area contributed by atoms with Crippen molar-refractivity contribution < 1.29 is 39.8 Å². The Balaban J connectivity index is 0.000000882. The molecule has 4 bridgehead atoms. The minimum atomic E-state index is 0. The van der Waals surface area contributed by atoms with E-state index in [1.54, 1.807) is 37.0 Å². The van der Waals surface area contributed by atoms with E-state index in [1.807, 2.05) is 0 Å². The van der Waals surface area contributed by atoms with E-state index in [-0.39, 0.29) is 24.8 Å². The van der Waals surface area contributed by atoms with E-state index in [2.05, 4.69) is 5.32 Å². The van der Waals surface area contributed by atoms with Crippen LogP contribution in [0.25, 0.3) is 0 Å². The molecule has 1 saturated heterocycles. The third kappa shape index (κ3) is 4.10. The summed E-state index contributed by atoms with van der Waals surface area (Å²) in [7, 11) is 0. The second kappa shape index (κ2) is 8.53. The maximum Gasteiger partial charge on any atom is 0.101 e. The molecule has 0 radical (unpaired) electrons. The molecule has 1 heterocycles. The van der Waals surface area contributed by atoms with Crippen LogP contribution >= 0.6 is 0 Å². The van der Waals surface area contributed by atoms with E-state index >= 15 is 0 Å². The van der Waals surface area contributed by atoms with Gasteiger partial charge in [-0.2, -0.15) is 0 Å². The number of rotatable bonds is 5. The van der Waals surface area contributed by atoms with Gasteiger partial charge in [-0.05, 0) is 43.9 Å². The Labute approximate surface area is 147 Å². The summed E-state index contributed by atoms with van der Waals surface area (Å²) in [5.74, 6) is 4.42. The lowest BCUT2D eigenvalue weighted by Gasteiger charge is -2.52. The van der Waals surface area contributed by atoms with Crippen LogP contribution in [0.1, 0.15) is 38.5 Å². The zero-order valence-electron chi connectivity index (χ0n) is 13.6. The number of quaternary nitrogens is 2. The molecule has 0 spiro atoms. The lowest BCUT2D eigenvalue weighted by Crippen LogP contribution is -3.14. The Morgan fingerprint density at radius 1 is 0.864 bits per heavy atom. The average Bonchev–Trinajstić information content (AvgIpc) is 2.46. The van der Waals surface area contributed by atoms with Crippen molar-refractivity contribution in [2.75, 3.05) is 39.4 Å². The molecular formula is C17H32Cl2N2O. The molecular weight excluding hydrogens is 319 g/mol. The number of nitrogens with one attached hydrogen (secondary N) is 1. The molecule has 0 atom stereocenters. The summed E-state index contributed by atoms with van der Waals surface area (Å²) in [6.45, 7) is 7.17. The fourth-order valence-corrected chi connectivity index (χ4v) is 5.92. The summed E-state index contributed by atoms with van der Waals surface area (Å²) < 4.78 is 5.44. The molecule has 3 nitrogen and oxygen atoms in total. The molecule has 22 heavy (non-hydrogen) atoms. The lowest BCUT2D eigenvalue weighted by atomic mass is 9.54. The molecule has 4 saturated carbocycles. The van der Waals surface area contributed by atoms with E-state index < -0.39 is 0 Å². The number of halogens is 2. The summed E-state index contributed by atoms with van der Waals surface area (Å²) in [6.07, 6.45) is 9.27. The fraction of sp³-hybridized carbons (Fsp3) is 1.00. The molecule has 5 rings (SSSR count). The Morgan fingerprint density at radius 3 is 2.05 bits per heavy atom. The van der Waals surface area contributed by atoms with E-state index in [1.165, 1.54) is 32.6 Å². The molecule has 4 aliphatic carbocycles. The maximum absolute atomic E-state index is 5.44. The minimum absolute atomic E-state index is 0. The van der Waals surface area contributed by atoms with Crippen molar-refractivity contribution in [1.29, 1.82) is 0 Å².